The van der Waals surface area contributed by atoms with Crippen molar-refractivity contribution in [2.75, 3.05) is 14.2 Å². The molecule has 0 aromatic heterocycles. The van der Waals surface area contributed by atoms with Gasteiger partial charge in [0.15, 0.2) is 0 Å². The van der Waals surface area contributed by atoms with Crippen molar-refractivity contribution in [3.8, 4) is 11.5 Å². The van der Waals surface area contributed by atoms with Gasteiger partial charge in [-0.2, -0.15) is 0 Å². The number of benzene rings is 3. The Balaban J connectivity index is 1.88. The normalized spacial score (nSPS) is 20.9. The molecule has 3 aromatic rings. The zero-order chi connectivity index (χ0) is 21.8. The van der Waals surface area contributed by atoms with Crippen LogP contribution >= 0.6 is 11.8 Å². The molecule has 158 valence electrons. The average Bonchev–Trinajstić information content (AvgIpc) is 2.84. The number of aliphatic hydroxyl groups excluding tert-OH is 1. The molecule has 31 heavy (non-hydrogen) atoms. The predicted octanol–water partition coefficient (Wildman–Crippen LogP) is 5.24. The molecule has 0 saturated carbocycles. The molecule has 0 radical (unpaired) electrons. The number of aldehydes is 1. The number of methoxy groups -OCH3 is 2. The molecule has 1 aliphatic heterocycles. The minimum Gasteiger partial charge on any atom is -0.497 e. The Labute approximate surface area is 186 Å². The first-order valence-electron chi connectivity index (χ1n) is 10.0. The zero-order valence-electron chi connectivity index (χ0n) is 17.4. The number of ether oxygens (including phenoxy) is 2. The van der Waals surface area contributed by atoms with E-state index in [1.807, 2.05) is 78.9 Å². The fourth-order valence-corrected chi connectivity index (χ4v) is 5.43. The van der Waals surface area contributed by atoms with E-state index in [9.17, 15) is 9.90 Å². The summed E-state index contributed by atoms with van der Waals surface area (Å²) in [5, 5.41) is 11.2. The first-order chi connectivity index (χ1) is 15.2. The van der Waals surface area contributed by atoms with Crippen LogP contribution in [0.4, 0.5) is 0 Å². The second-order valence-corrected chi connectivity index (χ2v) is 8.46. The van der Waals surface area contributed by atoms with E-state index in [4.69, 9.17) is 9.47 Å². The van der Waals surface area contributed by atoms with Gasteiger partial charge in [-0.15, -0.1) is 11.8 Å². The molecular weight excluding hydrogens is 408 g/mol. The number of rotatable bonds is 6. The maximum absolute atomic E-state index is 12.1. The van der Waals surface area contributed by atoms with Crippen LogP contribution in [0.1, 0.15) is 21.9 Å². The maximum Gasteiger partial charge on any atom is 0.127 e. The second kappa shape index (κ2) is 9.41. The molecule has 0 aliphatic carbocycles. The van der Waals surface area contributed by atoms with Gasteiger partial charge in [0.2, 0.25) is 0 Å². The predicted molar refractivity (Wildman–Crippen MR) is 125 cm³/mol. The number of hydrogen-bond donors (Lipinski definition) is 1. The molecule has 3 aromatic carbocycles. The van der Waals surface area contributed by atoms with Crippen LogP contribution in [0, 0.1) is 5.92 Å². The van der Waals surface area contributed by atoms with Crippen molar-refractivity contribution in [2.24, 2.45) is 5.92 Å². The van der Waals surface area contributed by atoms with Crippen LogP contribution in [-0.4, -0.2) is 31.7 Å². The molecule has 0 amide bonds. The third-order valence-electron chi connectivity index (χ3n) is 5.54. The molecule has 0 spiro atoms. The molecule has 3 atom stereocenters. The summed E-state index contributed by atoms with van der Waals surface area (Å²) in [4.78, 5) is 13.1. The lowest BCUT2D eigenvalue weighted by molar-refractivity contribution is -0.113. The van der Waals surface area contributed by atoms with Crippen LogP contribution in [-0.2, 0) is 4.79 Å². The summed E-state index contributed by atoms with van der Waals surface area (Å²) < 4.78 is 10.6. The van der Waals surface area contributed by atoms with Gasteiger partial charge in [-0.05, 0) is 41.0 Å². The Kier molecular flexibility index (Phi) is 6.44. The van der Waals surface area contributed by atoms with Crippen molar-refractivity contribution in [1.82, 2.24) is 0 Å². The van der Waals surface area contributed by atoms with Crippen LogP contribution in [0.15, 0.2) is 78.9 Å². The van der Waals surface area contributed by atoms with Gasteiger partial charge in [0.1, 0.15) is 17.8 Å². The van der Waals surface area contributed by atoms with Gasteiger partial charge in [-0.25, -0.2) is 0 Å². The molecule has 0 saturated heterocycles. The number of carbonyl (C=O) groups is 1. The van der Waals surface area contributed by atoms with E-state index in [-0.39, 0.29) is 5.25 Å². The van der Waals surface area contributed by atoms with Crippen LogP contribution in [0.5, 0.6) is 11.5 Å². The fourth-order valence-electron chi connectivity index (χ4n) is 3.88. The molecular formula is C26H24O4S. The molecule has 4 nitrogen and oxygen atoms in total. The standard InChI is InChI=1S/C26H24O4S/c1-29-20-12-8-17(9-13-20)23-24(28)22(16-27)25(18-6-4-3-5-7-18)31-26(23)19-10-14-21(30-2)15-11-19/h3-16,22,24-25,28H,1-2H3. The first kappa shape index (κ1) is 21.2. The van der Waals surface area contributed by atoms with E-state index < -0.39 is 12.0 Å². The molecule has 0 fully saturated rings. The van der Waals surface area contributed by atoms with Gasteiger partial charge in [-0.3, -0.25) is 0 Å². The minimum atomic E-state index is -0.936. The minimum absolute atomic E-state index is 0.187. The molecule has 0 bridgehead atoms. The second-order valence-electron chi connectivity index (χ2n) is 7.31. The number of carbonyl (C=O) groups excluding carboxylic acids is 1. The molecule has 3 unspecified atom stereocenters. The number of thioether (sulfide) groups is 1. The highest BCUT2D eigenvalue weighted by atomic mass is 32.2. The fraction of sp³-hybridized carbons (Fsp3) is 0.192. The average molecular weight is 433 g/mol. The van der Waals surface area contributed by atoms with Crippen LogP contribution < -0.4 is 9.47 Å². The van der Waals surface area contributed by atoms with Gasteiger partial charge in [-0.1, -0.05) is 54.6 Å². The molecule has 5 heteroatoms. The summed E-state index contributed by atoms with van der Waals surface area (Å²) in [6, 6.07) is 25.2. The van der Waals surface area contributed by atoms with E-state index in [0.29, 0.717) is 0 Å². The van der Waals surface area contributed by atoms with Crippen molar-refractivity contribution in [3.05, 3.63) is 95.6 Å². The Morgan fingerprint density at radius 1 is 0.806 bits per heavy atom. The van der Waals surface area contributed by atoms with Gasteiger partial charge in [0.25, 0.3) is 0 Å². The third kappa shape index (κ3) is 4.24. The summed E-state index contributed by atoms with van der Waals surface area (Å²) in [7, 11) is 3.26. The lowest BCUT2D eigenvalue weighted by Crippen LogP contribution is -2.31. The molecule has 1 heterocycles. The van der Waals surface area contributed by atoms with E-state index >= 15 is 0 Å². The Hall–Kier alpha value is -3.02. The van der Waals surface area contributed by atoms with Gasteiger partial charge in [0, 0.05) is 15.7 Å². The SMILES string of the molecule is COc1ccc(C2=C(c3ccc(OC)cc3)C(O)C(C=O)C(c3ccccc3)S2)cc1. The topological polar surface area (TPSA) is 55.8 Å². The van der Waals surface area contributed by atoms with Crippen molar-refractivity contribution in [1.29, 1.82) is 0 Å². The highest BCUT2D eigenvalue weighted by molar-refractivity contribution is 8.08. The molecule has 1 N–H and O–H groups in total. The van der Waals surface area contributed by atoms with Crippen molar-refractivity contribution in [3.63, 3.8) is 0 Å². The maximum atomic E-state index is 12.1. The van der Waals surface area contributed by atoms with E-state index in [2.05, 4.69) is 0 Å². The highest BCUT2D eigenvalue weighted by Crippen LogP contribution is 2.54. The summed E-state index contributed by atoms with van der Waals surface area (Å²) >= 11 is 1.62. The van der Waals surface area contributed by atoms with Crippen LogP contribution in [0.25, 0.3) is 10.5 Å². The van der Waals surface area contributed by atoms with Crippen molar-refractivity contribution in [2.45, 2.75) is 11.4 Å². The number of aliphatic hydroxyl groups is 1. The molecule has 1 aliphatic rings. The third-order valence-corrected chi connectivity index (χ3v) is 7.07. The summed E-state index contributed by atoms with van der Waals surface area (Å²) in [6.45, 7) is 0. The Morgan fingerprint density at radius 2 is 1.35 bits per heavy atom. The van der Waals surface area contributed by atoms with E-state index in [0.717, 1.165) is 45.0 Å². The molecule has 4 rings (SSSR count). The summed E-state index contributed by atoms with van der Waals surface area (Å²) in [5.74, 6) is 0.941. The van der Waals surface area contributed by atoms with Crippen molar-refractivity contribution >= 4 is 28.5 Å². The largest absolute Gasteiger partial charge is 0.497 e. The number of hydrogen-bond acceptors (Lipinski definition) is 5. The summed E-state index contributed by atoms with van der Waals surface area (Å²) in [6.07, 6.45) is -0.0571. The van der Waals surface area contributed by atoms with E-state index in [1.165, 1.54) is 0 Å². The zero-order valence-corrected chi connectivity index (χ0v) is 18.2. The monoisotopic (exact) mass is 432 g/mol. The van der Waals surface area contributed by atoms with Crippen molar-refractivity contribution < 1.29 is 19.4 Å². The quantitative estimate of drug-likeness (QED) is 0.540. The van der Waals surface area contributed by atoms with Gasteiger partial charge < -0.3 is 19.4 Å². The van der Waals surface area contributed by atoms with Gasteiger partial charge >= 0.3 is 0 Å². The van der Waals surface area contributed by atoms with Gasteiger partial charge in [0.05, 0.1) is 26.2 Å². The summed E-state index contributed by atoms with van der Waals surface area (Å²) in [5.41, 5.74) is 3.61. The Bertz CT molecular complexity index is 1060. The lowest BCUT2D eigenvalue weighted by Gasteiger charge is -2.36. The smallest absolute Gasteiger partial charge is 0.127 e. The van der Waals surface area contributed by atoms with E-state index in [1.54, 1.807) is 26.0 Å². The first-order valence-corrected chi connectivity index (χ1v) is 10.9. The van der Waals surface area contributed by atoms with Crippen LogP contribution in [0.3, 0.4) is 0 Å². The van der Waals surface area contributed by atoms with Crippen LogP contribution in [0.2, 0.25) is 0 Å². The Morgan fingerprint density at radius 3 is 1.87 bits per heavy atom. The lowest BCUT2D eigenvalue weighted by atomic mass is 9.85. The highest BCUT2D eigenvalue weighted by Gasteiger charge is 2.39.